The number of piperidine rings is 1. The Kier molecular flexibility index (Phi) is 3.74. The number of carbonyl (C=O) groups excluding carboxylic acids is 1. The van der Waals surface area contributed by atoms with Gasteiger partial charge in [-0.05, 0) is 30.6 Å². The number of amides is 2. The van der Waals surface area contributed by atoms with E-state index in [0.717, 1.165) is 6.42 Å². The van der Waals surface area contributed by atoms with Crippen molar-refractivity contribution in [2.75, 3.05) is 13.1 Å². The van der Waals surface area contributed by atoms with Gasteiger partial charge in [0, 0.05) is 19.1 Å². The van der Waals surface area contributed by atoms with Crippen LogP contribution in [0.2, 0.25) is 0 Å². The van der Waals surface area contributed by atoms with Crippen LogP contribution in [-0.4, -0.2) is 41.1 Å². The zero-order valence-corrected chi connectivity index (χ0v) is 12.0. The number of aliphatic carboxylic acids is 1. The van der Waals surface area contributed by atoms with Crippen molar-refractivity contribution < 1.29 is 14.7 Å². The van der Waals surface area contributed by atoms with Crippen LogP contribution in [0.1, 0.15) is 40.0 Å². The number of likely N-dealkylation sites (tertiary alicyclic amines) is 1. The monoisotopic (exact) mass is 268 g/mol. The summed E-state index contributed by atoms with van der Waals surface area (Å²) in [7, 11) is 0. The highest BCUT2D eigenvalue weighted by molar-refractivity contribution is 5.76. The van der Waals surface area contributed by atoms with Crippen LogP contribution >= 0.6 is 0 Å². The molecule has 2 fully saturated rings. The molecular formula is C14H24N2O3. The second-order valence-corrected chi connectivity index (χ2v) is 6.47. The molecule has 1 heterocycles. The number of carbonyl (C=O) groups is 2. The second-order valence-electron chi connectivity index (χ2n) is 6.47. The maximum Gasteiger partial charge on any atom is 0.317 e. The molecule has 2 amide bonds. The average molecular weight is 268 g/mol. The summed E-state index contributed by atoms with van der Waals surface area (Å²) in [5, 5.41) is 12.0. The molecular weight excluding hydrogens is 244 g/mol. The van der Waals surface area contributed by atoms with Crippen LogP contribution in [0.3, 0.4) is 0 Å². The summed E-state index contributed by atoms with van der Waals surface area (Å²) in [5.41, 5.74) is 0.231. The van der Waals surface area contributed by atoms with Crippen LogP contribution in [-0.2, 0) is 4.79 Å². The molecule has 0 aromatic carbocycles. The van der Waals surface area contributed by atoms with Crippen LogP contribution < -0.4 is 5.32 Å². The Balaban J connectivity index is 1.79. The van der Waals surface area contributed by atoms with Crippen molar-refractivity contribution in [3.63, 3.8) is 0 Å². The van der Waals surface area contributed by atoms with Gasteiger partial charge in [-0.25, -0.2) is 4.79 Å². The normalized spacial score (nSPS) is 31.4. The van der Waals surface area contributed by atoms with Gasteiger partial charge in [-0.2, -0.15) is 0 Å². The van der Waals surface area contributed by atoms with Gasteiger partial charge in [-0.15, -0.1) is 0 Å². The minimum Gasteiger partial charge on any atom is -0.481 e. The number of hydrogen-bond acceptors (Lipinski definition) is 2. The molecule has 5 nitrogen and oxygen atoms in total. The van der Waals surface area contributed by atoms with E-state index in [1.54, 1.807) is 4.90 Å². The molecule has 0 spiro atoms. The number of rotatable bonds is 3. The van der Waals surface area contributed by atoms with E-state index in [1.165, 1.54) is 0 Å². The molecule has 2 rings (SSSR count). The summed E-state index contributed by atoms with van der Waals surface area (Å²) in [5.74, 6) is -0.462. The molecule has 1 saturated heterocycles. The Morgan fingerprint density at radius 1 is 1.32 bits per heavy atom. The van der Waals surface area contributed by atoms with Gasteiger partial charge in [-0.1, -0.05) is 20.8 Å². The van der Waals surface area contributed by atoms with Crippen LogP contribution in [0, 0.1) is 17.3 Å². The molecule has 19 heavy (non-hydrogen) atoms. The molecule has 1 saturated carbocycles. The molecule has 2 aliphatic rings. The van der Waals surface area contributed by atoms with E-state index in [2.05, 4.69) is 26.1 Å². The molecule has 0 bridgehead atoms. The molecule has 0 radical (unpaired) electrons. The fourth-order valence-corrected chi connectivity index (χ4v) is 2.80. The van der Waals surface area contributed by atoms with E-state index in [4.69, 9.17) is 5.11 Å². The molecule has 2 unspecified atom stereocenters. The first-order valence-corrected chi connectivity index (χ1v) is 7.13. The fraction of sp³-hybridized carbons (Fsp3) is 0.857. The number of hydrogen-bond donors (Lipinski definition) is 2. The van der Waals surface area contributed by atoms with E-state index in [9.17, 15) is 9.59 Å². The number of urea groups is 1. The number of nitrogens with zero attached hydrogens (tertiary/aromatic N) is 1. The predicted octanol–water partition coefficient (Wildman–Crippen LogP) is 1.93. The van der Waals surface area contributed by atoms with Gasteiger partial charge in [0.2, 0.25) is 0 Å². The van der Waals surface area contributed by atoms with Crippen molar-refractivity contribution in [1.82, 2.24) is 10.2 Å². The van der Waals surface area contributed by atoms with Crippen molar-refractivity contribution in [2.24, 2.45) is 17.3 Å². The maximum atomic E-state index is 12.1. The smallest absolute Gasteiger partial charge is 0.317 e. The van der Waals surface area contributed by atoms with E-state index < -0.39 is 5.97 Å². The third kappa shape index (κ3) is 2.85. The van der Waals surface area contributed by atoms with Crippen molar-refractivity contribution >= 4 is 12.0 Å². The van der Waals surface area contributed by atoms with Crippen molar-refractivity contribution in [3.8, 4) is 0 Å². The quantitative estimate of drug-likeness (QED) is 0.821. The van der Waals surface area contributed by atoms with Crippen LogP contribution in [0.25, 0.3) is 0 Å². The Hall–Kier alpha value is -1.26. The summed E-state index contributed by atoms with van der Waals surface area (Å²) >= 11 is 0. The van der Waals surface area contributed by atoms with Crippen molar-refractivity contribution in [2.45, 2.75) is 46.1 Å². The fourth-order valence-electron chi connectivity index (χ4n) is 2.80. The first-order chi connectivity index (χ1) is 8.84. The lowest BCUT2D eigenvalue weighted by Crippen LogP contribution is -2.47. The van der Waals surface area contributed by atoms with Crippen molar-refractivity contribution in [1.29, 1.82) is 0 Å². The SMILES string of the molecule is CC(C)C1(C)CC1NC(=O)N1CCC(C(=O)O)CC1. The average Bonchev–Trinajstić information content (AvgIpc) is 3.01. The van der Waals surface area contributed by atoms with E-state index in [0.29, 0.717) is 31.8 Å². The highest BCUT2D eigenvalue weighted by atomic mass is 16.4. The molecule has 1 aliphatic heterocycles. The topological polar surface area (TPSA) is 69.6 Å². The Morgan fingerprint density at radius 2 is 1.89 bits per heavy atom. The second kappa shape index (κ2) is 5.02. The van der Waals surface area contributed by atoms with Crippen molar-refractivity contribution in [3.05, 3.63) is 0 Å². The molecule has 2 atom stereocenters. The summed E-state index contributed by atoms with van der Waals surface area (Å²) in [6.45, 7) is 7.68. The maximum absolute atomic E-state index is 12.1. The number of carboxylic acids is 1. The highest BCUT2D eigenvalue weighted by Crippen LogP contribution is 2.51. The molecule has 2 N–H and O–H groups in total. The highest BCUT2D eigenvalue weighted by Gasteiger charge is 2.53. The van der Waals surface area contributed by atoms with Gasteiger partial charge in [-0.3, -0.25) is 4.79 Å². The molecule has 0 aromatic heterocycles. The minimum absolute atomic E-state index is 0.0294. The number of carboxylic acid groups (broad SMARTS) is 1. The zero-order chi connectivity index (χ0) is 14.2. The minimum atomic E-state index is -0.741. The summed E-state index contributed by atoms with van der Waals surface area (Å²) in [6.07, 6.45) is 2.17. The van der Waals surface area contributed by atoms with Crippen LogP contribution in [0.5, 0.6) is 0 Å². The zero-order valence-electron chi connectivity index (χ0n) is 12.0. The summed E-state index contributed by atoms with van der Waals surface area (Å²) in [6, 6.07) is 0.246. The van der Waals surface area contributed by atoms with E-state index in [1.807, 2.05) is 0 Å². The molecule has 5 heteroatoms. The van der Waals surface area contributed by atoms with Gasteiger partial charge in [0.1, 0.15) is 0 Å². The standard InChI is InChI=1S/C14H24N2O3/c1-9(2)14(3)8-11(14)15-13(19)16-6-4-10(5-7-16)12(17)18/h9-11H,4-8H2,1-3H3,(H,15,19)(H,17,18). The van der Waals surface area contributed by atoms with E-state index in [-0.39, 0.29) is 23.4 Å². The van der Waals surface area contributed by atoms with Gasteiger partial charge in [0.15, 0.2) is 0 Å². The lowest BCUT2D eigenvalue weighted by molar-refractivity contribution is -0.143. The first-order valence-electron chi connectivity index (χ1n) is 7.13. The van der Waals surface area contributed by atoms with Gasteiger partial charge in [0.05, 0.1) is 5.92 Å². The lowest BCUT2D eigenvalue weighted by atomic mass is 9.94. The largest absolute Gasteiger partial charge is 0.481 e. The predicted molar refractivity (Wildman–Crippen MR) is 71.8 cm³/mol. The molecule has 0 aromatic rings. The first kappa shape index (κ1) is 14.2. The molecule has 1 aliphatic carbocycles. The Labute approximate surface area is 114 Å². The third-order valence-electron chi connectivity index (χ3n) is 5.03. The van der Waals surface area contributed by atoms with Crippen LogP contribution in [0.4, 0.5) is 4.79 Å². The Bertz CT molecular complexity index is 375. The van der Waals surface area contributed by atoms with Gasteiger partial charge in [0.25, 0.3) is 0 Å². The third-order valence-corrected chi connectivity index (χ3v) is 5.03. The van der Waals surface area contributed by atoms with Gasteiger partial charge >= 0.3 is 12.0 Å². The molecule has 108 valence electrons. The number of nitrogens with one attached hydrogen (secondary N) is 1. The van der Waals surface area contributed by atoms with Gasteiger partial charge < -0.3 is 15.3 Å². The summed E-state index contributed by atoms with van der Waals surface area (Å²) in [4.78, 5) is 24.7. The van der Waals surface area contributed by atoms with Crippen LogP contribution in [0.15, 0.2) is 0 Å². The van der Waals surface area contributed by atoms with E-state index >= 15 is 0 Å². The Morgan fingerprint density at radius 3 is 2.32 bits per heavy atom. The summed E-state index contributed by atoms with van der Waals surface area (Å²) < 4.78 is 0. The lowest BCUT2D eigenvalue weighted by Gasteiger charge is -2.30.